The summed E-state index contributed by atoms with van der Waals surface area (Å²) in [5, 5.41) is 38.1. The molecule has 0 aliphatic carbocycles. The van der Waals surface area contributed by atoms with Gasteiger partial charge in [0.1, 0.15) is 12.4 Å². The van der Waals surface area contributed by atoms with Crippen LogP contribution in [0, 0.1) is 38.0 Å². The summed E-state index contributed by atoms with van der Waals surface area (Å²) >= 11 is 0. The van der Waals surface area contributed by atoms with E-state index in [4.69, 9.17) is 20.3 Å². The van der Waals surface area contributed by atoms with Crippen molar-refractivity contribution in [3.8, 4) is 23.3 Å². The van der Waals surface area contributed by atoms with Gasteiger partial charge in [0, 0.05) is 56.2 Å². The number of esters is 1. The Bertz CT molecular complexity index is 1570. The Morgan fingerprint density at radius 2 is 1.53 bits per heavy atom. The molecule has 2 aromatic carbocycles. The van der Waals surface area contributed by atoms with Gasteiger partial charge in [-0.3, -0.25) is 25.0 Å². The van der Waals surface area contributed by atoms with Gasteiger partial charge in [-0.15, -0.1) is 0 Å². The normalized spacial score (nSPS) is 12.4. The molecule has 1 fully saturated rings. The number of carbonyl (C=O) groups excluding carboxylic acids is 2. The van der Waals surface area contributed by atoms with Crippen LogP contribution in [-0.2, 0) is 4.74 Å². The van der Waals surface area contributed by atoms with Gasteiger partial charge in [0.2, 0.25) is 5.91 Å². The van der Waals surface area contributed by atoms with Gasteiger partial charge in [-0.05, 0) is 12.1 Å². The highest BCUT2D eigenvalue weighted by Gasteiger charge is 2.29. The fourth-order valence-electron chi connectivity index (χ4n) is 4.22. The number of hydrogen-bond donors (Lipinski definition) is 4. The minimum atomic E-state index is -0.986. The lowest BCUT2D eigenvalue weighted by Gasteiger charge is -2.35. The third-order valence-corrected chi connectivity index (χ3v) is 6.48. The summed E-state index contributed by atoms with van der Waals surface area (Å²) in [5.74, 6) is 4.11. The van der Waals surface area contributed by atoms with Gasteiger partial charge in [0.05, 0.1) is 29.6 Å². The molecule has 17 nitrogen and oxygen atoms in total. The number of nitrogens with two attached hydrogens (primary N) is 1. The molecule has 2 amide bonds. The van der Waals surface area contributed by atoms with E-state index in [1.54, 1.807) is 12.2 Å². The number of rotatable bonds is 14. The standard InChI is InChI=1S/C28H30N6O11/c1-43-22-14-19(27(36)44-2)12-21(34(41)42)24(22)30-8-4-5-9-31-25-20(33(39)40)11-18(26(29)35)13-23(25)45-10-6-3-7-17-15-32(16-17)28(37)38/h4-5,11-14,17,30-31H,7-10,15-16H2,1-2H3,(H2,29,35)(H,37,38). The third-order valence-electron chi connectivity index (χ3n) is 6.48. The number of nitrogens with zero attached hydrogens (tertiary/aromatic N) is 3. The lowest BCUT2D eigenvalue weighted by molar-refractivity contribution is -0.384. The molecule has 0 spiro atoms. The molecule has 0 unspecified atom stereocenters. The van der Waals surface area contributed by atoms with E-state index in [0.717, 1.165) is 19.2 Å². The number of anilines is 2. The molecule has 45 heavy (non-hydrogen) atoms. The summed E-state index contributed by atoms with van der Waals surface area (Å²) in [5.41, 5.74) is 4.26. The molecule has 0 saturated carbocycles. The smallest absolute Gasteiger partial charge is 0.407 e. The third kappa shape index (κ3) is 8.73. The Kier molecular flexibility index (Phi) is 11.5. The zero-order chi connectivity index (χ0) is 33.1. The highest BCUT2D eigenvalue weighted by molar-refractivity contribution is 5.96. The Labute approximate surface area is 256 Å². The molecular formula is C28H30N6O11. The van der Waals surface area contributed by atoms with Crippen LogP contribution < -0.4 is 25.8 Å². The first-order chi connectivity index (χ1) is 21.5. The minimum absolute atomic E-state index is 0.0266. The van der Waals surface area contributed by atoms with Crippen LogP contribution in [0.4, 0.5) is 27.5 Å². The van der Waals surface area contributed by atoms with Crippen molar-refractivity contribution in [3.63, 3.8) is 0 Å². The molecule has 0 aromatic heterocycles. The molecular weight excluding hydrogens is 596 g/mol. The summed E-state index contributed by atoms with van der Waals surface area (Å²) in [6.07, 6.45) is 2.64. The number of benzene rings is 2. The number of nitro groups is 2. The molecule has 1 aliphatic heterocycles. The fourth-order valence-corrected chi connectivity index (χ4v) is 4.22. The van der Waals surface area contributed by atoms with E-state index < -0.39 is 39.2 Å². The van der Waals surface area contributed by atoms with Crippen molar-refractivity contribution >= 4 is 40.7 Å². The van der Waals surface area contributed by atoms with Crippen molar-refractivity contribution in [2.24, 2.45) is 11.7 Å². The lowest BCUT2D eigenvalue weighted by atomic mass is 9.97. The van der Waals surface area contributed by atoms with Gasteiger partial charge in [-0.1, -0.05) is 24.0 Å². The van der Waals surface area contributed by atoms with E-state index in [1.807, 2.05) is 0 Å². The summed E-state index contributed by atoms with van der Waals surface area (Å²) in [6.45, 7) is 0.729. The first kappa shape index (κ1) is 33.5. The van der Waals surface area contributed by atoms with Crippen LogP contribution in [0.5, 0.6) is 11.5 Å². The number of methoxy groups -OCH3 is 2. The van der Waals surface area contributed by atoms with Gasteiger partial charge >= 0.3 is 12.1 Å². The number of ether oxygens (including phenoxy) is 3. The van der Waals surface area contributed by atoms with Crippen molar-refractivity contribution < 1.29 is 43.5 Å². The number of likely N-dealkylation sites (tertiary alicyclic amines) is 1. The maximum Gasteiger partial charge on any atom is 0.407 e. The second kappa shape index (κ2) is 15.4. The Morgan fingerprint density at radius 1 is 0.978 bits per heavy atom. The topological polar surface area (TPSA) is 239 Å². The molecule has 2 aromatic rings. The van der Waals surface area contributed by atoms with Crippen molar-refractivity contribution in [2.45, 2.75) is 6.42 Å². The monoisotopic (exact) mass is 626 g/mol. The largest absolute Gasteiger partial charge is 0.494 e. The van der Waals surface area contributed by atoms with Crippen LogP contribution in [0.15, 0.2) is 36.4 Å². The second-order valence-electron chi connectivity index (χ2n) is 9.44. The zero-order valence-corrected chi connectivity index (χ0v) is 24.2. The first-order valence-electron chi connectivity index (χ1n) is 13.2. The molecule has 0 bridgehead atoms. The number of nitrogens with one attached hydrogen (secondary N) is 2. The van der Waals surface area contributed by atoms with E-state index in [2.05, 4.69) is 27.2 Å². The van der Waals surface area contributed by atoms with E-state index in [1.165, 1.54) is 24.1 Å². The van der Waals surface area contributed by atoms with Crippen LogP contribution >= 0.6 is 0 Å². The van der Waals surface area contributed by atoms with E-state index in [0.29, 0.717) is 19.5 Å². The molecule has 238 valence electrons. The Morgan fingerprint density at radius 3 is 2.04 bits per heavy atom. The maximum atomic E-state index is 11.9. The molecule has 0 radical (unpaired) electrons. The van der Waals surface area contributed by atoms with Crippen LogP contribution in [0.25, 0.3) is 0 Å². The van der Waals surface area contributed by atoms with Gasteiger partial charge in [0.25, 0.3) is 11.4 Å². The molecule has 17 heteroatoms. The Balaban J connectivity index is 1.69. The predicted molar refractivity (Wildman–Crippen MR) is 160 cm³/mol. The van der Waals surface area contributed by atoms with Crippen LogP contribution in [0.3, 0.4) is 0 Å². The quantitative estimate of drug-likeness (QED) is 0.0776. The second-order valence-corrected chi connectivity index (χ2v) is 9.44. The maximum absolute atomic E-state index is 11.9. The number of hydrogen-bond acceptors (Lipinski definition) is 12. The van der Waals surface area contributed by atoms with E-state index in [-0.39, 0.29) is 59.6 Å². The minimum Gasteiger partial charge on any atom is -0.494 e. The summed E-state index contributed by atoms with van der Waals surface area (Å²) < 4.78 is 15.5. The molecule has 1 heterocycles. The summed E-state index contributed by atoms with van der Waals surface area (Å²) in [7, 11) is 2.43. The zero-order valence-electron chi connectivity index (χ0n) is 24.2. The highest BCUT2D eigenvalue weighted by atomic mass is 16.6. The van der Waals surface area contributed by atoms with Crippen LogP contribution in [0.1, 0.15) is 27.1 Å². The van der Waals surface area contributed by atoms with Gasteiger partial charge in [-0.25, -0.2) is 9.59 Å². The summed E-state index contributed by atoms with van der Waals surface area (Å²) in [4.78, 5) is 57.8. The molecule has 5 N–H and O–H groups in total. The molecule has 1 aliphatic rings. The fraction of sp³-hybridized carbons (Fsp3) is 0.321. The first-order valence-corrected chi connectivity index (χ1v) is 13.2. The van der Waals surface area contributed by atoms with Crippen LogP contribution in [-0.4, -0.2) is 84.8 Å². The van der Waals surface area contributed by atoms with Crippen molar-refractivity contribution in [1.29, 1.82) is 0 Å². The van der Waals surface area contributed by atoms with Gasteiger partial charge in [-0.2, -0.15) is 0 Å². The van der Waals surface area contributed by atoms with Crippen molar-refractivity contribution in [2.75, 3.05) is 57.6 Å². The summed E-state index contributed by atoms with van der Waals surface area (Å²) in [6, 6.07) is 4.63. The van der Waals surface area contributed by atoms with Crippen molar-refractivity contribution in [3.05, 3.63) is 67.8 Å². The van der Waals surface area contributed by atoms with Gasteiger partial charge in [0.15, 0.2) is 17.1 Å². The predicted octanol–water partition coefficient (Wildman–Crippen LogP) is 2.86. The number of primary amides is 1. The number of amides is 2. The highest BCUT2D eigenvalue weighted by Crippen LogP contribution is 2.37. The molecule has 3 rings (SSSR count). The Hall–Kier alpha value is -6.05. The SMILES string of the molecule is COC(=O)c1cc(OC)c(NCC=CCNc2c(OCC#CCC3CN(C(=O)O)C3)cc(C(N)=O)cc2[N+](=O)[O-])c([N+](=O)[O-])c1. The van der Waals surface area contributed by atoms with Gasteiger partial charge < -0.3 is 40.6 Å². The average molecular weight is 627 g/mol. The number of nitro benzene ring substituents is 2. The molecule has 1 saturated heterocycles. The number of carboxylic acid groups (broad SMARTS) is 1. The van der Waals surface area contributed by atoms with Crippen molar-refractivity contribution in [1.82, 2.24) is 4.90 Å². The number of carbonyl (C=O) groups is 3. The lowest BCUT2D eigenvalue weighted by Crippen LogP contribution is -2.49. The van der Waals surface area contributed by atoms with Crippen LogP contribution in [0.2, 0.25) is 0 Å². The average Bonchev–Trinajstić information content (AvgIpc) is 2.98. The molecule has 0 atom stereocenters. The van der Waals surface area contributed by atoms with E-state index >= 15 is 0 Å². The van der Waals surface area contributed by atoms with E-state index in [9.17, 15) is 34.6 Å².